The van der Waals surface area contributed by atoms with Gasteiger partial charge in [0.25, 0.3) is 11.5 Å². The number of fused-ring (bicyclic) bond motifs is 1. The van der Waals surface area contributed by atoms with Gasteiger partial charge in [-0.2, -0.15) is 0 Å². The van der Waals surface area contributed by atoms with Crippen molar-refractivity contribution in [2.45, 2.75) is 53.1 Å². The Morgan fingerprint density at radius 2 is 1.90 bits per heavy atom. The number of ether oxygens (including phenoxy) is 2. The van der Waals surface area contributed by atoms with Crippen molar-refractivity contribution in [3.63, 3.8) is 0 Å². The smallest absolute Gasteiger partial charge is 0.256 e. The predicted octanol–water partition coefficient (Wildman–Crippen LogP) is 3.72. The van der Waals surface area contributed by atoms with E-state index < -0.39 is 0 Å². The van der Waals surface area contributed by atoms with Crippen LogP contribution >= 0.6 is 0 Å². The van der Waals surface area contributed by atoms with Crippen molar-refractivity contribution in [2.24, 2.45) is 11.3 Å². The summed E-state index contributed by atoms with van der Waals surface area (Å²) < 4.78 is 13.0. The predicted molar refractivity (Wildman–Crippen MR) is 149 cm³/mol. The van der Waals surface area contributed by atoms with Gasteiger partial charge in [0.05, 0.1) is 43.4 Å². The van der Waals surface area contributed by atoms with Gasteiger partial charge in [0.1, 0.15) is 5.75 Å². The quantitative estimate of drug-likeness (QED) is 0.481. The van der Waals surface area contributed by atoms with E-state index in [1.807, 2.05) is 36.9 Å². The summed E-state index contributed by atoms with van der Waals surface area (Å²) in [5, 5.41) is 3.84. The molecule has 2 fully saturated rings. The van der Waals surface area contributed by atoms with E-state index in [0.717, 1.165) is 42.5 Å². The van der Waals surface area contributed by atoms with Gasteiger partial charge in [-0.25, -0.2) is 0 Å². The maximum Gasteiger partial charge on any atom is 0.256 e. The van der Waals surface area contributed by atoms with Gasteiger partial charge in [0.2, 0.25) is 5.91 Å². The molecule has 2 N–H and O–H groups in total. The summed E-state index contributed by atoms with van der Waals surface area (Å²) in [6.07, 6.45) is 1.82. The Hall–Kier alpha value is -3.59. The lowest BCUT2D eigenvalue weighted by Gasteiger charge is -2.43. The molecule has 1 unspecified atom stereocenters. The zero-order valence-electron chi connectivity index (χ0n) is 23.4. The van der Waals surface area contributed by atoms with Crippen LogP contribution in [-0.2, 0) is 16.1 Å². The van der Waals surface area contributed by atoms with E-state index in [4.69, 9.17) is 9.47 Å². The van der Waals surface area contributed by atoms with Gasteiger partial charge >= 0.3 is 0 Å². The lowest BCUT2D eigenvalue weighted by Crippen LogP contribution is -2.55. The molecule has 0 bridgehead atoms. The highest BCUT2D eigenvalue weighted by Crippen LogP contribution is 2.37. The summed E-state index contributed by atoms with van der Waals surface area (Å²) in [4.78, 5) is 43.8. The first-order chi connectivity index (χ1) is 18.6. The van der Waals surface area contributed by atoms with Crippen LogP contribution in [0.4, 0.5) is 0 Å². The monoisotopic (exact) mass is 534 g/mol. The number of benzene rings is 1. The Morgan fingerprint density at radius 3 is 2.54 bits per heavy atom. The van der Waals surface area contributed by atoms with Crippen molar-refractivity contribution in [1.82, 2.24) is 19.8 Å². The molecule has 39 heavy (non-hydrogen) atoms. The number of nitrogens with zero attached hydrogens (tertiary/aromatic N) is 2. The highest BCUT2D eigenvalue weighted by Gasteiger charge is 2.44. The summed E-state index contributed by atoms with van der Waals surface area (Å²) in [5.74, 6) is 0.798. The second-order valence-corrected chi connectivity index (χ2v) is 11.3. The largest absolute Gasteiger partial charge is 0.496 e. The third kappa shape index (κ3) is 4.84. The van der Waals surface area contributed by atoms with Crippen molar-refractivity contribution < 1.29 is 19.1 Å². The Kier molecular flexibility index (Phi) is 7.29. The van der Waals surface area contributed by atoms with Crippen molar-refractivity contribution in [1.29, 1.82) is 0 Å². The third-order valence-electron chi connectivity index (χ3n) is 8.53. The standard InChI is InChI=1S/C30H38N4O5/c1-18-14-25(38-5)23(27(35)32-18)15-31-28(36)26-20(3)34(24-9-7-6-8-22(24)26)19(2)21-10-12-33(13-11-21)29(37)30(4)16-39-17-30/h6-9,14,19,21H,10-13,15-17H2,1-5H3,(H,31,36)(H,32,35). The van der Waals surface area contributed by atoms with Gasteiger partial charge in [-0.1, -0.05) is 18.2 Å². The molecule has 0 radical (unpaired) electrons. The fraction of sp³-hybridized carbons (Fsp3) is 0.500. The average molecular weight is 535 g/mol. The van der Waals surface area contributed by atoms with Crippen LogP contribution in [-0.4, -0.2) is 59.7 Å². The first kappa shape index (κ1) is 27.0. The number of pyridine rings is 1. The Bertz CT molecular complexity index is 1460. The lowest BCUT2D eigenvalue weighted by molar-refractivity contribution is -0.170. The second-order valence-electron chi connectivity index (χ2n) is 11.3. The molecule has 2 amide bonds. The van der Waals surface area contributed by atoms with Crippen LogP contribution in [0, 0.1) is 25.2 Å². The normalized spacial score (nSPS) is 18.0. The third-order valence-corrected chi connectivity index (χ3v) is 8.53. The fourth-order valence-electron chi connectivity index (χ4n) is 6.20. The number of nitrogens with one attached hydrogen (secondary N) is 2. The van der Waals surface area contributed by atoms with Crippen molar-refractivity contribution >= 4 is 22.7 Å². The number of piperidine rings is 1. The van der Waals surface area contributed by atoms with Crippen LogP contribution in [0.2, 0.25) is 0 Å². The van der Waals surface area contributed by atoms with E-state index in [0.29, 0.717) is 41.7 Å². The molecule has 208 valence electrons. The average Bonchev–Trinajstić information content (AvgIpc) is 3.21. The Morgan fingerprint density at radius 1 is 1.21 bits per heavy atom. The van der Waals surface area contributed by atoms with Crippen LogP contribution < -0.4 is 15.6 Å². The van der Waals surface area contributed by atoms with Gasteiger partial charge in [-0.15, -0.1) is 0 Å². The van der Waals surface area contributed by atoms with Crippen LogP contribution in [0.3, 0.4) is 0 Å². The molecule has 9 heteroatoms. The number of carbonyl (C=O) groups is 2. The number of hydrogen-bond donors (Lipinski definition) is 2. The summed E-state index contributed by atoms with van der Waals surface area (Å²) in [6.45, 7) is 10.5. The zero-order valence-corrected chi connectivity index (χ0v) is 23.4. The molecule has 4 heterocycles. The number of aryl methyl sites for hydroxylation is 1. The van der Waals surface area contributed by atoms with E-state index in [1.165, 1.54) is 7.11 Å². The number of aromatic nitrogens is 2. The van der Waals surface area contributed by atoms with Gasteiger partial charge in [-0.05, 0) is 58.6 Å². The fourth-order valence-corrected chi connectivity index (χ4v) is 6.20. The lowest BCUT2D eigenvalue weighted by atomic mass is 9.84. The molecule has 2 aromatic heterocycles. The maximum absolute atomic E-state index is 13.6. The molecule has 2 aliphatic heterocycles. The molecule has 9 nitrogen and oxygen atoms in total. The molecule has 0 aliphatic carbocycles. The van der Waals surface area contributed by atoms with Gasteiger partial charge in [-0.3, -0.25) is 14.4 Å². The van der Waals surface area contributed by atoms with Crippen molar-refractivity contribution in [3.8, 4) is 5.75 Å². The van der Waals surface area contributed by atoms with E-state index >= 15 is 0 Å². The molecule has 0 saturated carbocycles. The zero-order chi connectivity index (χ0) is 27.9. The van der Waals surface area contributed by atoms with Crippen LogP contribution in [0.1, 0.15) is 60.0 Å². The summed E-state index contributed by atoms with van der Waals surface area (Å²) in [6, 6.07) is 9.86. The summed E-state index contributed by atoms with van der Waals surface area (Å²) >= 11 is 0. The number of methoxy groups -OCH3 is 1. The van der Waals surface area contributed by atoms with Crippen molar-refractivity contribution in [3.05, 3.63) is 63.2 Å². The number of aromatic amines is 1. The molecule has 1 atom stereocenters. The van der Waals surface area contributed by atoms with E-state index in [2.05, 4.69) is 27.9 Å². The number of rotatable bonds is 7. The molecule has 3 aromatic rings. The molecule has 2 aliphatic rings. The number of H-pyrrole nitrogens is 1. The van der Waals surface area contributed by atoms with E-state index in [-0.39, 0.29) is 35.4 Å². The summed E-state index contributed by atoms with van der Waals surface area (Å²) in [5.41, 5.74) is 2.95. The highest BCUT2D eigenvalue weighted by atomic mass is 16.5. The van der Waals surface area contributed by atoms with Crippen LogP contribution in [0.15, 0.2) is 35.1 Å². The molecular weight excluding hydrogens is 496 g/mol. The number of carbonyl (C=O) groups excluding carboxylic acids is 2. The minimum Gasteiger partial charge on any atom is -0.496 e. The van der Waals surface area contributed by atoms with E-state index in [1.54, 1.807) is 13.0 Å². The molecule has 1 aromatic carbocycles. The van der Waals surface area contributed by atoms with E-state index in [9.17, 15) is 14.4 Å². The number of amides is 2. The maximum atomic E-state index is 13.6. The Balaban J connectivity index is 1.36. The Labute approximate surface area is 228 Å². The molecule has 2 saturated heterocycles. The molecule has 0 spiro atoms. The molecular formula is C30H38N4O5. The van der Waals surface area contributed by atoms with Crippen molar-refractivity contribution in [2.75, 3.05) is 33.4 Å². The van der Waals surface area contributed by atoms with Crippen LogP contribution in [0.5, 0.6) is 5.75 Å². The number of hydrogen-bond acceptors (Lipinski definition) is 5. The topological polar surface area (TPSA) is 106 Å². The number of likely N-dealkylation sites (tertiary alicyclic amines) is 1. The minimum absolute atomic E-state index is 0.0581. The number of para-hydroxylation sites is 1. The minimum atomic E-state index is -0.374. The SMILES string of the molecule is COc1cc(C)[nH]c(=O)c1CNC(=O)c1c(C)n(C(C)C2CCN(C(=O)C3(C)COC3)CC2)c2ccccc12. The highest BCUT2D eigenvalue weighted by molar-refractivity contribution is 6.08. The molecule has 5 rings (SSSR count). The van der Waals surface area contributed by atoms with Gasteiger partial charge < -0.3 is 29.2 Å². The van der Waals surface area contributed by atoms with Gasteiger partial charge in [0.15, 0.2) is 0 Å². The van der Waals surface area contributed by atoms with Crippen LogP contribution in [0.25, 0.3) is 10.9 Å². The first-order valence-corrected chi connectivity index (χ1v) is 13.7. The van der Waals surface area contributed by atoms with Gasteiger partial charge in [0, 0.05) is 41.4 Å². The second kappa shape index (κ2) is 10.5. The first-order valence-electron chi connectivity index (χ1n) is 13.7. The summed E-state index contributed by atoms with van der Waals surface area (Å²) in [7, 11) is 1.52.